The molecule has 1 aliphatic rings. The summed E-state index contributed by atoms with van der Waals surface area (Å²) >= 11 is 0. The lowest BCUT2D eigenvalue weighted by molar-refractivity contribution is -0.118. The van der Waals surface area contributed by atoms with Gasteiger partial charge < -0.3 is 21.1 Å². The molecule has 1 amide bonds. The van der Waals surface area contributed by atoms with Crippen molar-refractivity contribution in [2.24, 2.45) is 5.73 Å². The van der Waals surface area contributed by atoms with Crippen LogP contribution < -0.4 is 11.1 Å². The molecular weight excluding hydrogens is 356 g/mol. The van der Waals surface area contributed by atoms with Crippen molar-refractivity contribution in [3.8, 4) is 11.3 Å². The lowest BCUT2D eigenvalue weighted by Crippen LogP contribution is -2.44. The van der Waals surface area contributed by atoms with Crippen LogP contribution in [0.1, 0.15) is 36.9 Å². The van der Waals surface area contributed by atoms with Crippen LogP contribution in [-0.2, 0) is 11.3 Å². The zero-order chi connectivity index (χ0) is 20.1. The van der Waals surface area contributed by atoms with E-state index in [1.165, 1.54) is 11.8 Å². The van der Waals surface area contributed by atoms with Crippen LogP contribution >= 0.6 is 0 Å². The van der Waals surface area contributed by atoms with Crippen LogP contribution in [0.5, 0.6) is 0 Å². The van der Waals surface area contributed by atoms with Gasteiger partial charge in [-0.2, -0.15) is 0 Å². The molecule has 1 fully saturated rings. The van der Waals surface area contributed by atoms with Crippen LogP contribution in [0.2, 0.25) is 0 Å². The Morgan fingerprint density at radius 3 is 2.43 bits per heavy atom. The number of piperidine rings is 1. The number of carboxylic acid groups (broad SMARTS) is 1. The Morgan fingerprint density at radius 1 is 1.21 bits per heavy atom. The SMILES string of the molecule is CC(=O)C(N)c1ccc(-c2ccc(CNC3CCN(C(=O)O)CC3)cn2)cc1. The summed E-state index contributed by atoms with van der Waals surface area (Å²) < 4.78 is 0. The molecule has 1 aliphatic heterocycles. The molecule has 7 nitrogen and oxygen atoms in total. The van der Waals surface area contributed by atoms with Crippen LogP contribution in [0.3, 0.4) is 0 Å². The Hall–Kier alpha value is -2.77. The highest BCUT2D eigenvalue weighted by Gasteiger charge is 2.21. The van der Waals surface area contributed by atoms with Gasteiger partial charge >= 0.3 is 6.09 Å². The van der Waals surface area contributed by atoms with Gasteiger partial charge in [0.25, 0.3) is 0 Å². The summed E-state index contributed by atoms with van der Waals surface area (Å²) in [6.45, 7) is 3.35. The summed E-state index contributed by atoms with van der Waals surface area (Å²) in [5.74, 6) is -0.0589. The number of carbonyl (C=O) groups is 2. The molecule has 7 heteroatoms. The zero-order valence-electron chi connectivity index (χ0n) is 16.0. The first-order valence-electron chi connectivity index (χ1n) is 9.46. The second kappa shape index (κ2) is 8.95. The van der Waals surface area contributed by atoms with Crippen molar-refractivity contribution in [3.63, 3.8) is 0 Å². The molecule has 2 aromatic rings. The predicted octanol–water partition coefficient (Wildman–Crippen LogP) is 2.57. The van der Waals surface area contributed by atoms with Gasteiger partial charge in [-0.05, 0) is 37.0 Å². The fourth-order valence-corrected chi connectivity index (χ4v) is 3.33. The molecule has 2 heterocycles. The van der Waals surface area contributed by atoms with E-state index >= 15 is 0 Å². The van der Waals surface area contributed by atoms with Gasteiger partial charge in [0.05, 0.1) is 11.7 Å². The van der Waals surface area contributed by atoms with E-state index in [4.69, 9.17) is 10.8 Å². The van der Waals surface area contributed by atoms with Crippen molar-refractivity contribution < 1.29 is 14.7 Å². The summed E-state index contributed by atoms with van der Waals surface area (Å²) in [6, 6.07) is 11.3. The number of aromatic nitrogens is 1. The summed E-state index contributed by atoms with van der Waals surface area (Å²) in [7, 11) is 0. The highest BCUT2D eigenvalue weighted by atomic mass is 16.4. The Labute approximate surface area is 164 Å². The molecule has 0 bridgehead atoms. The molecule has 1 aromatic heterocycles. The van der Waals surface area contributed by atoms with E-state index in [0.717, 1.165) is 35.2 Å². The smallest absolute Gasteiger partial charge is 0.407 e. The molecule has 28 heavy (non-hydrogen) atoms. The monoisotopic (exact) mass is 382 g/mol. The minimum atomic E-state index is -0.838. The average molecular weight is 382 g/mol. The van der Waals surface area contributed by atoms with E-state index < -0.39 is 12.1 Å². The van der Waals surface area contributed by atoms with Gasteiger partial charge in [-0.3, -0.25) is 9.78 Å². The molecule has 0 aliphatic carbocycles. The average Bonchev–Trinajstić information content (AvgIpc) is 2.72. The van der Waals surface area contributed by atoms with Crippen LogP contribution in [0.15, 0.2) is 42.6 Å². The van der Waals surface area contributed by atoms with Crippen LogP contribution in [0.4, 0.5) is 4.79 Å². The Bertz CT molecular complexity index is 813. The number of rotatable bonds is 6. The molecule has 1 aromatic carbocycles. The van der Waals surface area contributed by atoms with Gasteiger partial charge in [0.1, 0.15) is 0 Å². The van der Waals surface area contributed by atoms with E-state index in [0.29, 0.717) is 25.7 Å². The summed E-state index contributed by atoms with van der Waals surface area (Å²) in [4.78, 5) is 28.3. The van der Waals surface area contributed by atoms with Gasteiger partial charge in [0, 0.05) is 37.4 Å². The minimum Gasteiger partial charge on any atom is -0.465 e. The Balaban J connectivity index is 1.54. The number of ketones is 1. The molecule has 4 N–H and O–H groups in total. The maximum atomic E-state index is 11.4. The molecule has 1 unspecified atom stereocenters. The van der Waals surface area contributed by atoms with Gasteiger partial charge in [-0.15, -0.1) is 0 Å². The third-order valence-corrected chi connectivity index (χ3v) is 5.19. The second-order valence-corrected chi connectivity index (χ2v) is 7.19. The number of nitrogens with zero attached hydrogens (tertiary/aromatic N) is 2. The highest BCUT2D eigenvalue weighted by molar-refractivity contribution is 5.82. The first-order chi connectivity index (χ1) is 13.4. The fraction of sp³-hybridized carbons (Fsp3) is 0.381. The van der Waals surface area contributed by atoms with E-state index in [2.05, 4.69) is 10.3 Å². The lowest BCUT2D eigenvalue weighted by atomic mass is 10.0. The maximum absolute atomic E-state index is 11.4. The number of amides is 1. The highest BCUT2D eigenvalue weighted by Crippen LogP contribution is 2.20. The number of pyridine rings is 1. The summed E-state index contributed by atoms with van der Waals surface area (Å²) in [5.41, 5.74) is 9.57. The number of likely N-dealkylation sites (tertiary alicyclic amines) is 1. The number of nitrogens with one attached hydrogen (secondary N) is 1. The van der Waals surface area contributed by atoms with Crippen molar-refractivity contribution in [2.45, 2.75) is 38.4 Å². The van der Waals surface area contributed by atoms with Gasteiger partial charge in [0.15, 0.2) is 5.78 Å². The molecule has 3 rings (SSSR count). The van der Waals surface area contributed by atoms with Crippen LogP contribution in [0, 0.1) is 0 Å². The Morgan fingerprint density at radius 2 is 1.89 bits per heavy atom. The van der Waals surface area contributed by atoms with Crippen molar-refractivity contribution in [1.29, 1.82) is 0 Å². The van der Waals surface area contributed by atoms with E-state index in [9.17, 15) is 9.59 Å². The number of hydrogen-bond donors (Lipinski definition) is 3. The van der Waals surface area contributed by atoms with Crippen molar-refractivity contribution in [3.05, 3.63) is 53.7 Å². The molecule has 0 saturated carbocycles. The lowest BCUT2D eigenvalue weighted by Gasteiger charge is -2.30. The molecular formula is C21H26N4O3. The van der Waals surface area contributed by atoms with Crippen molar-refractivity contribution in [1.82, 2.24) is 15.2 Å². The number of hydrogen-bond acceptors (Lipinski definition) is 5. The molecule has 1 saturated heterocycles. The third-order valence-electron chi connectivity index (χ3n) is 5.19. The number of Topliss-reactive ketones (excluding diaryl/α,β-unsaturated/α-hetero) is 1. The largest absolute Gasteiger partial charge is 0.465 e. The Kier molecular flexibility index (Phi) is 6.38. The normalized spacial score (nSPS) is 16.0. The number of benzene rings is 1. The van der Waals surface area contributed by atoms with E-state index in [-0.39, 0.29) is 5.78 Å². The topological polar surface area (TPSA) is 109 Å². The minimum absolute atomic E-state index is 0.0589. The quantitative estimate of drug-likeness (QED) is 0.709. The predicted molar refractivity (Wildman–Crippen MR) is 107 cm³/mol. The summed E-state index contributed by atoms with van der Waals surface area (Å²) in [6.07, 6.45) is 2.66. The maximum Gasteiger partial charge on any atom is 0.407 e. The van der Waals surface area contributed by atoms with Gasteiger partial charge in [0.2, 0.25) is 0 Å². The van der Waals surface area contributed by atoms with Gasteiger partial charge in [-0.25, -0.2) is 4.79 Å². The van der Waals surface area contributed by atoms with Crippen molar-refractivity contribution >= 4 is 11.9 Å². The fourth-order valence-electron chi connectivity index (χ4n) is 3.33. The molecule has 148 valence electrons. The second-order valence-electron chi connectivity index (χ2n) is 7.19. The van der Waals surface area contributed by atoms with Crippen LogP contribution in [0.25, 0.3) is 11.3 Å². The van der Waals surface area contributed by atoms with E-state index in [1.807, 2.05) is 42.6 Å². The third kappa shape index (κ3) is 4.94. The van der Waals surface area contributed by atoms with Crippen molar-refractivity contribution in [2.75, 3.05) is 13.1 Å². The molecule has 1 atom stereocenters. The number of carbonyl (C=O) groups excluding carboxylic acids is 1. The first kappa shape index (κ1) is 20.0. The van der Waals surface area contributed by atoms with Crippen LogP contribution in [-0.4, -0.2) is 46.0 Å². The standard InChI is InChI=1S/C21H26N4O3/c1-14(26)20(22)17-5-3-16(4-6-17)19-7-2-15(13-24-19)12-23-18-8-10-25(11-9-18)21(27)28/h2-7,13,18,20,23H,8-12,22H2,1H3,(H,27,28). The zero-order valence-corrected chi connectivity index (χ0v) is 16.0. The summed E-state index contributed by atoms with van der Waals surface area (Å²) in [5, 5.41) is 12.5. The molecule has 0 radical (unpaired) electrons. The van der Waals surface area contributed by atoms with Gasteiger partial charge in [-0.1, -0.05) is 30.3 Å². The first-order valence-corrected chi connectivity index (χ1v) is 9.46. The molecule has 0 spiro atoms. The van der Waals surface area contributed by atoms with E-state index in [1.54, 1.807) is 0 Å². The number of nitrogens with two attached hydrogens (primary N) is 1.